The van der Waals surface area contributed by atoms with Crippen LogP contribution in [0.15, 0.2) is 24.3 Å². The first-order chi connectivity index (χ1) is 8.14. The average molecular weight is 235 g/mol. The lowest BCUT2D eigenvalue weighted by Gasteiger charge is -2.29. The molecule has 2 unspecified atom stereocenters. The molecular weight excluding hydrogens is 214 g/mol. The molecule has 0 aliphatic carbocycles. The Balaban J connectivity index is 1.93. The van der Waals surface area contributed by atoms with Crippen molar-refractivity contribution in [3.05, 3.63) is 29.8 Å². The highest BCUT2D eigenvalue weighted by molar-refractivity contribution is 5.27. The van der Waals surface area contributed by atoms with Crippen LogP contribution in [0.2, 0.25) is 0 Å². The Hall–Kier alpha value is -1.06. The van der Waals surface area contributed by atoms with Crippen LogP contribution in [0.25, 0.3) is 0 Å². The Kier molecular flexibility index (Phi) is 3.69. The first-order valence-electron chi connectivity index (χ1n) is 6.13. The third-order valence-electron chi connectivity index (χ3n) is 3.74. The highest BCUT2D eigenvalue weighted by atomic mass is 16.5. The fourth-order valence-electron chi connectivity index (χ4n) is 2.11. The van der Waals surface area contributed by atoms with Gasteiger partial charge in [0.15, 0.2) is 0 Å². The predicted octanol–water partition coefficient (Wildman–Crippen LogP) is 2.35. The van der Waals surface area contributed by atoms with Gasteiger partial charge in [0, 0.05) is 18.7 Å². The Bertz CT molecular complexity index is 363. The maximum Gasteiger partial charge on any atom is 0.118 e. The number of benzene rings is 1. The van der Waals surface area contributed by atoms with E-state index in [4.69, 9.17) is 9.47 Å². The van der Waals surface area contributed by atoms with Gasteiger partial charge in [-0.15, -0.1) is 0 Å². The van der Waals surface area contributed by atoms with Gasteiger partial charge in [-0.1, -0.05) is 12.1 Å². The van der Waals surface area contributed by atoms with E-state index in [1.807, 2.05) is 12.1 Å². The van der Waals surface area contributed by atoms with Gasteiger partial charge in [-0.2, -0.15) is 0 Å². The molecule has 0 saturated carbocycles. The summed E-state index contributed by atoms with van der Waals surface area (Å²) in [5, 5.41) is 3.60. The molecule has 0 amide bonds. The lowest BCUT2D eigenvalue weighted by molar-refractivity contribution is 0.0881. The van der Waals surface area contributed by atoms with E-state index >= 15 is 0 Å². The second kappa shape index (κ2) is 5.07. The van der Waals surface area contributed by atoms with Crippen LogP contribution in [0.5, 0.6) is 5.75 Å². The molecule has 3 heteroatoms. The summed E-state index contributed by atoms with van der Waals surface area (Å²) in [7, 11) is 1.69. The van der Waals surface area contributed by atoms with Crippen LogP contribution in [0.4, 0.5) is 0 Å². The molecule has 1 aliphatic heterocycles. The van der Waals surface area contributed by atoms with E-state index in [0.29, 0.717) is 0 Å². The molecule has 0 aromatic heterocycles. The van der Waals surface area contributed by atoms with Gasteiger partial charge < -0.3 is 14.8 Å². The van der Waals surface area contributed by atoms with E-state index in [9.17, 15) is 0 Å². The molecule has 2 atom stereocenters. The summed E-state index contributed by atoms with van der Waals surface area (Å²) in [4.78, 5) is 0. The van der Waals surface area contributed by atoms with Gasteiger partial charge in [0.25, 0.3) is 0 Å². The Morgan fingerprint density at radius 1 is 1.41 bits per heavy atom. The lowest BCUT2D eigenvalue weighted by atomic mass is 9.94. The summed E-state index contributed by atoms with van der Waals surface area (Å²) in [6.45, 7) is 6.09. The maximum absolute atomic E-state index is 5.61. The Morgan fingerprint density at radius 3 is 2.65 bits per heavy atom. The summed E-state index contributed by atoms with van der Waals surface area (Å²) < 4.78 is 10.8. The molecule has 1 aromatic carbocycles. The van der Waals surface area contributed by atoms with Gasteiger partial charge >= 0.3 is 0 Å². The molecule has 0 spiro atoms. The molecule has 1 N–H and O–H groups in total. The Labute approximate surface area is 103 Å². The molecule has 1 heterocycles. The minimum absolute atomic E-state index is 0.0972. The van der Waals surface area contributed by atoms with Crippen molar-refractivity contribution in [3.63, 3.8) is 0 Å². The van der Waals surface area contributed by atoms with Crippen molar-refractivity contribution in [2.45, 2.75) is 38.5 Å². The van der Waals surface area contributed by atoms with Crippen LogP contribution in [0.1, 0.15) is 25.8 Å². The SMILES string of the molecule is COc1ccc(CNC2(C)CCOC2C)cc1. The molecule has 17 heavy (non-hydrogen) atoms. The molecule has 1 fully saturated rings. The van der Waals surface area contributed by atoms with Crippen molar-refractivity contribution in [2.24, 2.45) is 0 Å². The molecule has 0 bridgehead atoms. The van der Waals surface area contributed by atoms with Gasteiger partial charge in [-0.25, -0.2) is 0 Å². The summed E-state index contributed by atoms with van der Waals surface area (Å²) in [5.74, 6) is 0.900. The Morgan fingerprint density at radius 2 is 2.12 bits per heavy atom. The summed E-state index contributed by atoms with van der Waals surface area (Å²) >= 11 is 0. The van der Waals surface area contributed by atoms with Crippen LogP contribution in [-0.4, -0.2) is 25.4 Å². The third-order valence-corrected chi connectivity index (χ3v) is 3.74. The van der Waals surface area contributed by atoms with Crippen LogP contribution >= 0.6 is 0 Å². The van der Waals surface area contributed by atoms with E-state index in [1.165, 1.54) is 5.56 Å². The number of hydrogen-bond acceptors (Lipinski definition) is 3. The summed E-state index contributed by atoms with van der Waals surface area (Å²) in [6, 6.07) is 8.17. The van der Waals surface area contributed by atoms with Gasteiger partial charge in [0.05, 0.1) is 13.2 Å². The van der Waals surface area contributed by atoms with Crippen LogP contribution in [0.3, 0.4) is 0 Å². The van der Waals surface area contributed by atoms with Gasteiger partial charge in [-0.3, -0.25) is 0 Å². The number of rotatable bonds is 4. The molecule has 1 saturated heterocycles. The molecule has 0 radical (unpaired) electrons. The molecule has 3 nitrogen and oxygen atoms in total. The van der Waals surface area contributed by atoms with E-state index < -0.39 is 0 Å². The monoisotopic (exact) mass is 235 g/mol. The molecule has 2 rings (SSSR count). The predicted molar refractivity (Wildman–Crippen MR) is 68.3 cm³/mol. The number of ether oxygens (including phenoxy) is 2. The van der Waals surface area contributed by atoms with Crippen molar-refractivity contribution in [2.75, 3.05) is 13.7 Å². The normalized spacial score (nSPS) is 28.3. The topological polar surface area (TPSA) is 30.5 Å². The quantitative estimate of drug-likeness (QED) is 0.869. The second-order valence-electron chi connectivity index (χ2n) is 4.88. The van der Waals surface area contributed by atoms with Crippen molar-refractivity contribution in [3.8, 4) is 5.75 Å². The lowest BCUT2D eigenvalue weighted by Crippen LogP contribution is -2.47. The zero-order chi connectivity index (χ0) is 12.3. The minimum Gasteiger partial charge on any atom is -0.497 e. The first-order valence-corrected chi connectivity index (χ1v) is 6.13. The highest BCUT2D eigenvalue weighted by Gasteiger charge is 2.36. The van der Waals surface area contributed by atoms with Crippen molar-refractivity contribution in [1.29, 1.82) is 0 Å². The summed E-state index contributed by atoms with van der Waals surface area (Å²) in [6.07, 6.45) is 1.35. The van der Waals surface area contributed by atoms with E-state index in [2.05, 4.69) is 31.3 Å². The van der Waals surface area contributed by atoms with Crippen LogP contribution in [0, 0.1) is 0 Å². The second-order valence-corrected chi connectivity index (χ2v) is 4.88. The fourth-order valence-corrected chi connectivity index (χ4v) is 2.11. The van der Waals surface area contributed by atoms with Gasteiger partial charge in [0.2, 0.25) is 0 Å². The molecule has 94 valence electrons. The van der Waals surface area contributed by atoms with E-state index in [0.717, 1.165) is 25.3 Å². The van der Waals surface area contributed by atoms with Crippen molar-refractivity contribution < 1.29 is 9.47 Å². The smallest absolute Gasteiger partial charge is 0.118 e. The average Bonchev–Trinajstić information content (AvgIpc) is 2.68. The molecule has 1 aromatic rings. The third kappa shape index (κ3) is 2.79. The number of methoxy groups -OCH3 is 1. The zero-order valence-corrected chi connectivity index (χ0v) is 10.8. The number of nitrogens with one attached hydrogen (secondary N) is 1. The van der Waals surface area contributed by atoms with Crippen LogP contribution < -0.4 is 10.1 Å². The number of hydrogen-bond donors (Lipinski definition) is 1. The van der Waals surface area contributed by atoms with Crippen LogP contribution in [-0.2, 0) is 11.3 Å². The van der Waals surface area contributed by atoms with Gasteiger partial charge in [0.1, 0.15) is 5.75 Å². The molecule has 1 aliphatic rings. The fraction of sp³-hybridized carbons (Fsp3) is 0.571. The summed E-state index contributed by atoms with van der Waals surface area (Å²) in [5.41, 5.74) is 1.37. The van der Waals surface area contributed by atoms with Crippen molar-refractivity contribution >= 4 is 0 Å². The highest BCUT2D eigenvalue weighted by Crippen LogP contribution is 2.25. The van der Waals surface area contributed by atoms with E-state index in [1.54, 1.807) is 7.11 Å². The van der Waals surface area contributed by atoms with E-state index in [-0.39, 0.29) is 11.6 Å². The largest absolute Gasteiger partial charge is 0.497 e. The minimum atomic E-state index is 0.0972. The molecular formula is C14H21NO2. The maximum atomic E-state index is 5.61. The zero-order valence-electron chi connectivity index (χ0n) is 10.8. The van der Waals surface area contributed by atoms with Gasteiger partial charge in [-0.05, 0) is 38.0 Å². The standard InChI is InChI=1S/C14H21NO2/c1-11-14(2,8-9-17-11)15-10-12-4-6-13(16-3)7-5-12/h4-7,11,15H,8-10H2,1-3H3. The van der Waals surface area contributed by atoms with Crippen molar-refractivity contribution in [1.82, 2.24) is 5.32 Å². The first kappa shape index (κ1) is 12.4.